The van der Waals surface area contributed by atoms with E-state index in [2.05, 4.69) is 16.0 Å². The third-order valence-electron chi connectivity index (χ3n) is 6.42. The van der Waals surface area contributed by atoms with Crippen LogP contribution in [0.15, 0.2) is 53.1 Å². The Morgan fingerprint density at radius 2 is 1.83 bits per heavy atom. The van der Waals surface area contributed by atoms with Crippen LogP contribution < -0.4 is 9.64 Å². The first-order chi connectivity index (χ1) is 17.3. The molecule has 0 bridgehead atoms. The molecule has 2 atom stereocenters. The molecule has 2 fully saturated rings. The minimum absolute atomic E-state index is 0.0348. The van der Waals surface area contributed by atoms with Gasteiger partial charge in [-0.3, -0.25) is 0 Å². The van der Waals surface area contributed by atoms with Gasteiger partial charge in [0.1, 0.15) is 23.4 Å². The first kappa shape index (κ1) is 24.1. The highest BCUT2D eigenvalue weighted by molar-refractivity contribution is 5.70. The number of hydrogen-bond acceptors (Lipinski definition) is 6. The topological polar surface area (TPSA) is 71.5 Å². The van der Waals surface area contributed by atoms with Crippen molar-refractivity contribution in [2.24, 2.45) is 0 Å². The van der Waals surface area contributed by atoms with Gasteiger partial charge >= 0.3 is 6.36 Å². The molecular formula is C26H23F4N3O3. The molecule has 0 amide bonds. The van der Waals surface area contributed by atoms with Gasteiger partial charge in [-0.1, -0.05) is 17.3 Å². The van der Waals surface area contributed by atoms with Crippen molar-refractivity contribution >= 4 is 5.69 Å². The molecule has 1 saturated carbocycles. The lowest BCUT2D eigenvalue weighted by Gasteiger charge is -2.36. The van der Waals surface area contributed by atoms with Crippen LogP contribution in [0.25, 0.3) is 11.3 Å². The number of aromatic nitrogens is 1. The third kappa shape index (κ3) is 5.31. The number of nitrogens with zero attached hydrogens (tertiary/aromatic N) is 3. The van der Waals surface area contributed by atoms with Gasteiger partial charge in [0.25, 0.3) is 0 Å². The number of nitriles is 1. The van der Waals surface area contributed by atoms with Gasteiger partial charge in [0.2, 0.25) is 0 Å². The fraction of sp³-hybridized carbons (Fsp3) is 0.385. The van der Waals surface area contributed by atoms with Crippen molar-refractivity contribution in [2.45, 2.75) is 50.4 Å². The molecule has 1 aliphatic heterocycles. The molecule has 36 heavy (non-hydrogen) atoms. The number of alkyl halides is 4. The van der Waals surface area contributed by atoms with E-state index in [4.69, 9.17) is 14.5 Å². The second-order valence-corrected chi connectivity index (χ2v) is 8.95. The molecule has 10 heteroatoms. The molecule has 1 aliphatic carbocycles. The predicted molar refractivity (Wildman–Crippen MR) is 122 cm³/mol. The molecule has 1 saturated heterocycles. The van der Waals surface area contributed by atoms with Crippen LogP contribution in [0.1, 0.15) is 42.1 Å². The lowest BCUT2D eigenvalue weighted by molar-refractivity contribution is -0.274. The maximum Gasteiger partial charge on any atom is 0.573 e. The second-order valence-electron chi connectivity index (χ2n) is 8.95. The van der Waals surface area contributed by atoms with Crippen LogP contribution in [0.3, 0.4) is 0 Å². The Balaban J connectivity index is 1.31. The zero-order valence-corrected chi connectivity index (χ0v) is 19.2. The van der Waals surface area contributed by atoms with Crippen LogP contribution in [0, 0.1) is 11.3 Å². The molecular weight excluding hydrogens is 478 g/mol. The van der Waals surface area contributed by atoms with Crippen LogP contribution in [0.2, 0.25) is 0 Å². The van der Waals surface area contributed by atoms with Crippen molar-refractivity contribution in [3.8, 4) is 23.1 Å². The second kappa shape index (κ2) is 9.82. The Morgan fingerprint density at radius 1 is 1.08 bits per heavy atom. The number of ether oxygens (including phenoxy) is 2. The quantitative estimate of drug-likeness (QED) is 0.363. The molecule has 2 aromatic carbocycles. The van der Waals surface area contributed by atoms with E-state index < -0.39 is 18.6 Å². The lowest BCUT2D eigenvalue weighted by atomic mass is 10.0. The number of halogens is 4. The van der Waals surface area contributed by atoms with E-state index in [1.54, 1.807) is 30.3 Å². The van der Waals surface area contributed by atoms with E-state index in [9.17, 15) is 13.2 Å². The Bertz CT molecular complexity index is 1250. The number of piperidine rings is 1. The maximum absolute atomic E-state index is 15.1. The molecule has 2 aliphatic rings. The van der Waals surface area contributed by atoms with Crippen LogP contribution in [-0.4, -0.2) is 36.9 Å². The van der Waals surface area contributed by atoms with Crippen molar-refractivity contribution in [3.05, 3.63) is 65.4 Å². The fourth-order valence-corrected chi connectivity index (χ4v) is 4.46. The summed E-state index contributed by atoms with van der Waals surface area (Å²) >= 11 is 0. The van der Waals surface area contributed by atoms with E-state index in [0.717, 1.165) is 18.5 Å². The number of anilines is 1. The number of para-hydroxylation sites is 1. The van der Waals surface area contributed by atoms with Gasteiger partial charge in [-0.25, -0.2) is 4.39 Å². The lowest BCUT2D eigenvalue weighted by Crippen LogP contribution is -2.45. The predicted octanol–water partition coefficient (Wildman–Crippen LogP) is 6.12. The van der Waals surface area contributed by atoms with Crippen LogP contribution in [0.4, 0.5) is 23.2 Å². The molecule has 3 aromatic rings. The largest absolute Gasteiger partial charge is 0.573 e. The Morgan fingerprint density at radius 3 is 2.50 bits per heavy atom. The average Bonchev–Trinajstić information content (AvgIpc) is 3.62. The van der Waals surface area contributed by atoms with Gasteiger partial charge in [-0.15, -0.1) is 13.2 Å². The highest BCUT2D eigenvalue weighted by Crippen LogP contribution is 2.45. The Labute approximate surface area is 205 Å². The molecule has 5 rings (SSSR count). The van der Waals surface area contributed by atoms with Crippen molar-refractivity contribution in [2.75, 3.05) is 18.0 Å². The Kier molecular flexibility index (Phi) is 6.58. The number of hydrogen-bond donors (Lipinski definition) is 0. The van der Waals surface area contributed by atoms with Gasteiger partial charge in [0, 0.05) is 29.3 Å². The summed E-state index contributed by atoms with van der Waals surface area (Å²) in [5.74, 6) is 0.304. The molecule has 0 N–H and O–H groups in total. The van der Waals surface area contributed by atoms with E-state index >= 15 is 4.39 Å². The summed E-state index contributed by atoms with van der Waals surface area (Å²) in [6.45, 7) is 0.656. The van der Waals surface area contributed by atoms with E-state index in [0.29, 0.717) is 29.9 Å². The fourth-order valence-electron chi connectivity index (χ4n) is 4.46. The minimum atomic E-state index is -4.86. The van der Waals surface area contributed by atoms with Crippen molar-refractivity contribution in [3.63, 3.8) is 0 Å². The standard InChI is InChI=1S/C26H23F4N3O3/c27-21-14-33(18-9-5-16(13-31)6-10-18)12-11-23(21)34-15-20-24(32-36-25(20)17-7-8-17)19-3-1-2-4-22(19)35-26(28,29)30/h1-6,9-10,17,21,23H,7-8,11-12,14-15H2/t21-,23-/m0/s1. The zero-order valence-electron chi connectivity index (χ0n) is 19.2. The summed E-state index contributed by atoms with van der Waals surface area (Å²) < 4.78 is 69.7. The zero-order chi connectivity index (χ0) is 25.3. The first-order valence-electron chi connectivity index (χ1n) is 11.7. The summed E-state index contributed by atoms with van der Waals surface area (Å²) in [6.07, 6.45) is -4.62. The number of benzene rings is 2. The summed E-state index contributed by atoms with van der Waals surface area (Å²) in [6, 6.07) is 14.8. The SMILES string of the molecule is N#Cc1ccc(N2CC[C@H](OCc3c(-c4ccccc4OC(F)(F)F)noc3C3CC3)[C@@H](F)C2)cc1. The van der Waals surface area contributed by atoms with Crippen LogP contribution in [0.5, 0.6) is 5.75 Å². The number of rotatable bonds is 7. The minimum Gasteiger partial charge on any atom is -0.405 e. The highest BCUT2D eigenvalue weighted by atomic mass is 19.4. The molecule has 0 spiro atoms. The van der Waals surface area contributed by atoms with Crippen molar-refractivity contribution < 1.29 is 31.6 Å². The molecule has 1 aromatic heterocycles. The van der Waals surface area contributed by atoms with Gasteiger partial charge in [0.15, 0.2) is 0 Å². The summed E-state index contributed by atoms with van der Waals surface area (Å²) in [7, 11) is 0. The normalized spacial score (nSPS) is 20.2. The first-order valence-corrected chi connectivity index (χ1v) is 11.7. The smallest absolute Gasteiger partial charge is 0.405 e. The molecule has 6 nitrogen and oxygen atoms in total. The summed E-state index contributed by atoms with van der Waals surface area (Å²) in [4.78, 5) is 1.90. The van der Waals surface area contributed by atoms with Gasteiger partial charge < -0.3 is 18.9 Å². The van der Waals surface area contributed by atoms with Gasteiger partial charge in [-0.2, -0.15) is 5.26 Å². The monoisotopic (exact) mass is 501 g/mol. The van der Waals surface area contributed by atoms with Gasteiger partial charge in [-0.05, 0) is 55.7 Å². The Hall–Kier alpha value is -3.58. The third-order valence-corrected chi connectivity index (χ3v) is 6.42. The van der Waals surface area contributed by atoms with Crippen molar-refractivity contribution in [1.82, 2.24) is 5.16 Å². The van der Waals surface area contributed by atoms with Crippen molar-refractivity contribution in [1.29, 1.82) is 5.26 Å². The van der Waals surface area contributed by atoms with Gasteiger partial charge in [0.05, 0.1) is 30.9 Å². The average molecular weight is 501 g/mol. The highest BCUT2D eigenvalue weighted by Gasteiger charge is 2.37. The summed E-state index contributed by atoms with van der Waals surface area (Å²) in [5, 5.41) is 13.0. The summed E-state index contributed by atoms with van der Waals surface area (Å²) in [5.41, 5.74) is 2.23. The van der Waals surface area contributed by atoms with Crippen LogP contribution >= 0.6 is 0 Å². The molecule has 0 unspecified atom stereocenters. The van der Waals surface area contributed by atoms with E-state index in [1.165, 1.54) is 18.2 Å². The van der Waals surface area contributed by atoms with E-state index in [1.807, 2.05) is 4.90 Å². The molecule has 2 heterocycles. The van der Waals surface area contributed by atoms with E-state index in [-0.39, 0.29) is 36.1 Å². The molecule has 0 radical (unpaired) electrons. The molecule has 188 valence electrons. The maximum atomic E-state index is 15.1. The van der Waals surface area contributed by atoms with Crippen LogP contribution in [-0.2, 0) is 11.3 Å².